The second-order valence-corrected chi connectivity index (χ2v) is 6.95. The van der Waals surface area contributed by atoms with Gasteiger partial charge in [0.1, 0.15) is 5.54 Å². The van der Waals surface area contributed by atoms with Crippen molar-refractivity contribution in [1.82, 2.24) is 19.2 Å². The number of hydrogen-bond donors (Lipinski definition) is 2. The quantitative estimate of drug-likeness (QED) is 0.566. The summed E-state index contributed by atoms with van der Waals surface area (Å²) >= 11 is 0. The first-order chi connectivity index (χ1) is 8.76. The summed E-state index contributed by atoms with van der Waals surface area (Å²) in [4.78, 5) is 23.2. The number of carbonyl (C=O) groups is 2. The highest BCUT2D eigenvalue weighted by molar-refractivity contribution is 7.86. The van der Waals surface area contributed by atoms with Crippen LogP contribution in [-0.2, 0) is 19.8 Å². The van der Waals surface area contributed by atoms with Crippen molar-refractivity contribution in [2.45, 2.75) is 19.4 Å². The Labute approximate surface area is 112 Å². The highest BCUT2D eigenvalue weighted by Gasteiger charge is 2.49. The third-order valence-electron chi connectivity index (χ3n) is 3.40. The Balaban J connectivity index is 2.31. The summed E-state index contributed by atoms with van der Waals surface area (Å²) in [5, 5.41) is 5.22. The first-order valence-corrected chi connectivity index (χ1v) is 7.49. The summed E-state index contributed by atoms with van der Waals surface area (Å²) in [6.45, 7) is 4.46. The van der Waals surface area contributed by atoms with Gasteiger partial charge >= 0.3 is 0 Å². The van der Waals surface area contributed by atoms with Crippen molar-refractivity contribution >= 4 is 22.0 Å². The Morgan fingerprint density at radius 3 is 2.32 bits per heavy atom. The molecule has 2 N–H and O–H groups in total. The van der Waals surface area contributed by atoms with Crippen LogP contribution >= 0.6 is 0 Å². The highest BCUT2D eigenvalue weighted by Crippen LogP contribution is 2.24. The molecule has 108 valence electrons. The SMILES string of the molecule is CC1(C)C(=O)NC(=O)CN1S(=O)(=O)N1CCNCC1. The van der Waals surface area contributed by atoms with E-state index in [0.717, 1.165) is 4.31 Å². The fourth-order valence-corrected chi connectivity index (χ4v) is 4.01. The highest BCUT2D eigenvalue weighted by atomic mass is 32.2. The topological polar surface area (TPSA) is 98.8 Å². The largest absolute Gasteiger partial charge is 0.314 e. The van der Waals surface area contributed by atoms with Gasteiger partial charge in [-0.25, -0.2) is 0 Å². The lowest BCUT2D eigenvalue weighted by atomic mass is 10.0. The van der Waals surface area contributed by atoms with Crippen molar-refractivity contribution in [2.75, 3.05) is 32.7 Å². The molecule has 0 aliphatic carbocycles. The number of nitrogens with one attached hydrogen (secondary N) is 2. The van der Waals surface area contributed by atoms with Crippen molar-refractivity contribution in [2.24, 2.45) is 0 Å². The molecule has 0 aromatic heterocycles. The van der Waals surface area contributed by atoms with Crippen LogP contribution in [0, 0.1) is 0 Å². The zero-order chi connectivity index (χ0) is 14.3. The van der Waals surface area contributed by atoms with E-state index in [1.54, 1.807) is 0 Å². The average molecular weight is 290 g/mol. The molecule has 0 bridgehead atoms. The van der Waals surface area contributed by atoms with Gasteiger partial charge in [-0.1, -0.05) is 0 Å². The second-order valence-electron chi connectivity index (χ2n) is 5.10. The lowest BCUT2D eigenvalue weighted by Crippen LogP contribution is -2.68. The van der Waals surface area contributed by atoms with Gasteiger partial charge in [0.05, 0.1) is 6.54 Å². The van der Waals surface area contributed by atoms with E-state index >= 15 is 0 Å². The Morgan fingerprint density at radius 2 is 1.74 bits per heavy atom. The van der Waals surface area contributed by atoms with Gasteiger partial charge in [-0.3, -0.25) is 14.9 Å². The molecule has 0 aromatic rings. The molecule has 2 fully saturated rings. The second kappa shape index (κ2) is 4.82. The van der Waals surface area contributed by atoms with Crippen molar-refractivity contribution in [1.29, 1.82) is 0 Å². The van der Waals surface area contributed by atoms with E-state index in [-0.39, 0.29) is 6.54 Å². The maximum atomic E-state index is 12.5. The number of piperazine rings is 2. The maximum Gasteiger partial charge on any atom is 0.283 e. The van der Waals surface area contributed by atoms with E-state index in [1.165, 1.54) is 18.2 Å². The summed E-state index contributed by atoms with van der Waals surface area (Å²) in [6.07, 6.45) is 0. The summed E-state index contributed by atoms with van der Waals surface area (Å²) < 4.78 is 27.4. The van der Waals surface area contributed by atoms with Gasteiger partial charge in [0, 0.05) is 26.2 Å². The molecule has 0 saturated carbocycles. The molecular formula is C10H18N4O4S. The van der Waals surface area contributed by atoms with E-state index in [9.17, 15) is 18.0 Å². The summed E-state index contributed by atoms with van der Waals surface area (Å²) in [6, 6.07) is 0. The van der Waals surface area contributed by atoms with Gasteiger partial charge in [0.25, 0.3) is 10.2 Å². The number of rotatable bonds is 2. The summed E-state index contributed by atoms with van der Waals surface area (Å²) in [5.41, 5.74) is -1.27. The number of nitrogens with zero attached hydrogens (tertiary/aromatic N) is 2. The molecule has 0 aromatic carbocycles. The minimum absolute atomic E-state index is 0.328. The van der Waals surface area contributed by atoms with Gasteiger partial charge in [-0.2, -0.15) is 17.0 Å². The van der Waals surface area contributed by atoms with E-state index in [4.69, 9.17) is 0 Å². The first-order valence-electron chi connectivity index (χ1n) is 6.09. The van der Waals surface area contributed by atoms with Gasteiger partial charge in [-0.15, -0.1) is 0 Å². The van der Waals surface area contributed by atoms with Crippen molar-refractivity contribution < 1.29 is 18.0 Å². The molecule has 0 radical (unpaired) electrons. The number of carbonyl (C=O) groups excluding carboxylic acids is 2. The molecule has 2 saturated heterocycles. The normalized spacial score (nSPS) is 26.2. The van der Waals surface area contributed by atoms with E-state index in [1.807, 2.05) is 0 Å². The zero-order valence-electron chi connectivity index (χ0n) is 11.0. The van der Waals surface area contributed by atoms with Crippen LogP contribution in [0.4, 0.5) is 0 Å². The molecule has 0 unspecified atom stereocenters. The molecule has 0 spiro atoms. The third-order valence-corrected chi connectivity index (χ3v) is 5.56. The molecule has 19 heavy (non-hydrogen) atoms. The van der Waals surface area contributed by atoms with Gasteiger partial charge in [0.15, 0.2) is 0 Å². The van der Waals surface area contributed by atoms with Crippen molar-refractivity contribution in [3.63, 3.8) is 0 Å². The lowest BCUT2D eigenvalue weighted by molar-refractivity contribution is -0.141. The Bertz CT molecular complexity index is 496. The first kappa shape index (κ1) is 14.4. The van der Waals surface area contributed by atoms with Crippen LogP contribution in [0.5, 0.6) is 0 Å². The van der Waals surface area contributed by atoms with E-state index in [2.05, 4.69) is 10.6 Å². The standard InChI is InChI=1S/C10H18N4O4S/c1-10(2)9(16)12-8(15)7-14(10)19(17,18)13-5-3-11-4-6-13/h11H,3-7H2,1-2H3,(H,12,15,16). The van der Waals surface area contributed by atoms with Crippen LogP contribution in [-0.4, -0.2) is 67.1 Å². The summed E-state index contributed by atoms with van der Waals surface area (Å²) in [5.74, 6) is -1.19. The molecule has 2 heterocycles. The minimum atomic E-state index is -3.81. The van der Waals surface area contributed by atoms with E-state index < -0.39 is 27.6 Å². The van der Waals surface area contributed by atoms with Crippen LogP contribution in [0.15, 0.2) is 0 Å². The molecule has 8 nitrogen and oxygen atoms in total. The molecule has 2 rings (SSSR count). The molecule has 9 heteroatoms. The Morgan fingerprint density at radius 1 is 1.16 bits per heavy atom. The lowest BCUT2D eigenvalue weighted by Gasteiger charge is -2.42. The van der Waals surface area contributed by atoms with Crippen LogP contribution in [0.3, 0.4) is 0 Å². The third kappa shape index (κ3) is 2.50. The van der Waals surface area contributed by atoms with Crippen LogP contribution in [0.1, 0.15) is 13.8 Å². The van der Waals surface area contributed by atoms with Crippen LogP contribution in [0.25, 0.3) is 0 Å². The minimum Gasteiger partial charge on any atom is -0.314 e. The maximum absolute atomic E-state index is 12.5. The molecule has 2 aliphatic rings. The predicted molar refractivity (Wildman–Crippen MR) is 67.3 cm³/mol. The predicted octanol–water partition coefficient (Wildman–Crippen LogP) is -2.13. The number of imide groups is 1. The molecular weight excluding hydrogens is 272 g/mol. The van der Waals surface area contributed by atoms with Crippen LogP contribution < -0.4 is 10.6 Å². The number of amides is 2. The zero-order valence-corrected chi connectivity index (χ0v) is 11.8. The smallest absolute Gasteiger partial charge is 0.283 e. The summed E-state index contributed by atoms with van der Waals surface area (Å²) in [7, 11) is -3.81. The van der Waals surface area contributed by atoms with Gasteiger partial charge in [0.2, 0.25) is 11.8 Å². The van der Waals surface area contributed by atoms with Gasteiger partial charge in [-0.05, 0) is 13.8 Å². The number of hydrogen-bond acceptors (Lipinski definition) is 5. The Kier molecular flexibility index (Phi) is 3.65. The fourth-order valence-electron chi connectivity index (χ4n) is 2.14. The molecule has 2 amide bonds. The van der Waals surface area contributed by atoms with Gasteiger partial charge < -0.3 is 5.32 Å². The molecule has 2 aliphatic heterocycles. The van der Waals surface area contributed by atoms with Crippen LogP contribution in [0.2, 0.25) is 0 Å². The van der Waals surface area contributed by atoms with Crippen molar-refractivity contribution in [3.8, 4) is 0 Å². The molecule has 0 atom stereocenters. The van der Waals surface area contributed by atoms with Crippen molar-refractivity contribution in [3.05, 3.63) is 0 Å². The Hall–Kier alpha value is -1.03. The van der Waals surface area contributed by atoms with E-state index in [0.29, 0.717) is 26.2 Å². The average Bonchev–Trinajstić information content (AvgIpc) is 2.35. The monoisotopic (exact) mass is 290 g/mol. The fraction of sp³-hybridized carbons (Fsp3) is 0.800.